The maximum absolute atomic E-state index is 12.9. The molecule has 3 heterocycles. The van der Waals surface area contributed by atoms with Crippen molar-refractivity contribution in [3.8, 4) is 5.75 Å². The lowest BCUT2D eigenvalue weighted by atomic mass is 10.1. The van der Waals surface area contributed by atoms with E-state index in [1.165, 1.54) is 23.7 Å². The average Bonchev–Trinajstić information content (AvgIpc) is 3.22. The first kappa shape index (κ1) is 28.1. The van der Waals surface area contributed by atoms with Gasteiger partial charge < -0.3 is 24.4 Å². The van der Waals surface area contributed by atoms with Crippen LogP contribution < -0.4 is 10.1 Å². The minimum absolute atomic E-state index is 0.221. The number of aromatic nitrogens is 1. The molecule has 37 heavy (non-hydrogen) atoms. The summed E-state index contributed by atoms with van der Waals surface area (Å²) in [6, 6.07) is 4.89. The van der Waals surface area contributed by atoms with Gasteiger partial charge in [0.05, 0.1) is 24.2 Å². The number of rotatable bonds is 7. The van der Waals surface area contributed by atoms with Crippen LogP contribution in [0.25, 0.3) is 0 Å². The number of thiophene rings is 1. The molecule has 1 atom stereocenters. The van der Waals surface area contributed by atoms with Crippen LogP contribution in [0.2, 0.25) is 0 Å². The van der Waals surface area contributed by atoms with Gasteiger partial charge in [-0.15, -0.1) is 11.3 Å². The monoisotopic (exact) mass is 531 g/mol. The topological polar surface area (TPSA) is 124 Å². The van der Waals surface area contributed by atoms with Crippen molar-refractivity contribution in [2.45, 2.75) is 71.8 Å². The molecule has 0 spiro atoms. The molecule has 1 aliphatic rings. The number of pyridine rings is 1. The van der Waals surface area contributed by atoms with E-state index in [1.807, 2.05) is 20.8 Å². The van der Waals surface area contributed by atoms with E-state index in [9.17, 15) is 19.2 Å². The van der Waals surface area contributed by atoms with Gasteiger partial charge in [-0.25, -0.2) is 9.59 Å². The summed E-state index contributed by atoms with van der Waals surface area (Å²) in [6.07, 6.45) is 1.54. The van der Waals surface area contributed by atoms with Crippen molar-refractivity contribution in [1.29, 1.82) is 0 Å². The summed E-state index contributed by atoms with van der Waals surface area (Å²) in [7, 11) is 0. The van der Waals surface area contributed by atoms with Gasteiger partial charge in [-0.05, 0) is 71.7 Å². The van der Waals surface area contributed by atoms with E-state index in [0.717, 1.165) is 10.4 Å². The molecule has 0 fully saturated rings. The van der Waals surface area contributed by atoms with Gasteiger partial charge >= 0.3 is 12.1 Å². The molecule has 2 aromatic rings. The van der Waals surface area contributed by atoms with Crippen LogP contribution in [0.15, 0.2) is 30.6 Å². The fraction of sp³-hybridized carbons (Fsp3) is 0.500. The Morgan fingerprint density at radius 3 is 2.43 bits per heavy atom. The molecule has 1 aliphatic heterocycles. The van der Waals surface area contributed by atoms with Crippen molar-refractivity contribution >= 4 is 35.1 Å². The van der Waals surface area contributed by atoms with Gasteiger partial charge in [0.1, 0.15) is 17.0 Å². The van der Waals surface area contributed by atoms with Crippen LogP contribution in [0.4, 0.5) is 4.79 Å². The van der Waals surface area contributed by atoms with Gasteiger partial charge in [0, 0.05) is 17.6 Å². The molecule has 200 valence electrons. The number of esters is 1. The van der Waals surface area contributed by atoms with Crippen LogP contribution in [0.5, 0.6) is 5.75 Å². The highest BCUT2D eigenvalue weighted by Gasteiger charge is 2.34. The molecule has 0 radical (unpaired) electrons. The Morgan fingerprint density at radius 2 is 1.81 bits per heavy atom. The number of carbonyl (C=O) groups is 4. The molecular formula is C26H33N3O7S. The Bertz CT molecular complexity index is 1150. The fourth-order valence-corrected chi connectivity index (χ4v) is 4.51. The van der Waals surface area contributed by atoms with Gasteiger partial charge in [0.25, 0.3) is 12.0 Å². The summed E-state index contributed by atoms with van der Waals surface area (Å²) in [4.78, 5) is 57.8. The molecule has 2 aromatic heterocycles. The zero-order valence-corrected chi connectivity index (χ0v) is 22.8. The average molecular weight is 532 g/mol. The lowest BCUT2D eigenvalue weighted by molar-refractivity contribution is -0.165. The van der Waals surface area contributed by atoms with Crippen LogP contribution >= 0.6 is 11.3 Å². The summed E-state index contributed by atoms with van der Waals surface area (Å²) >= 11 is 1.31. The van der Waals surface area contributed by atoms with Crippen LogP contribution in [0, 0.1) is 0 Å². The van der Waals surface area contributed by atoms with Crippen LogP contribution in [0.3, 0.4) is 0 Å². The van der Waals surface area contributed by atoms with E-state index in [0.29, 0.717) is 24.4 Å². The third-order valence-electron chi connectivity index (χ3n) is 4.97. The Balaban J connectivity index is 1.64. The van der Waals surface area contributed by atoms with Gasteiger partial charge in [0.15, 0.2) is 0 Å². The van der Waals surface area contributed by atoms with E-state index in [-0.39, 0.29) is 5.75 Å². The number of carbonyl (C=O) groups excluding carboxylic acids is 4. The SMILES string of the molecule is CC(C)(C)OC(=O)C(Oc1cccnc1)C(=O)CNC(=O)c1cc2c(s1)CCN(C(=O)OC(C)(C)C)C2. The summed E-state index contributed by atoms with van der Waals surface area (Å²) < 4.78 is 16.4. The van der Waals surface area contributed by atoms with Crippen molar-refractivity contribution in [3.05, 3.63) is 45.9 Å². The van der Waals surface area contributed by atoms with E-state index in [2.05, 4.69) is 10.3 Å². The third kappa shape index (κ3) is 8.28. The predicted octanol–water partition coefficient (Wildman–Crippen LogP) is 3.52. The summed E-state index contributed by atoms with van der Waals surface area (Å²) in [6.45, 7) is 10.9. The second-order valence-electron chi connectivity index (χ2n) is 10.6. The molecule has 0 bridgehead atoms. The molecule has 10 nitrogen and oxygen atoms in total. The van der Waals surface area contributed by atoms with E-state index < -0.39 is 47.6 Å². The van der Waals surface area contributed by atoms with Crippen LogP contribution in [-0.2, 0) is 32.0 Å². The second-order valence-corrected chi connectivity index (χ2v) is 11.7. The molecule has 0 saturated heterocycles. The number of amides is 2. The Hall–Kier alpha value is -3.47. The first-order valence-electron chi connectivity index (χ1n) is 11.9. The fourth-order valence-electron chi connectivity index (χ4n) is 3.43. The maximum atomic E-state index is 12.9. The highest BCUT2D eigenvalue weighted by Crippen LogP contribution is 2.29. The largest absolute Gasteiger partial charge is 0.469 e. The van der Waals surface area contributed by atoms with Gasteiger partial charge in [-0.1, -0.05) is 0 Å². The minimum atomic E-state index is -1.57. The molecule has 0 aliphatic carbocycles. The first-order chi connectivity index (χ1) is 17.2. The summed E-state index contributed by atoms with van der Waals surface area (Å²) in [5, 5.41) is 2.57. The molecule has 3 rings (SSSR count). The smallest absolute Gasteiger partial charge is 0.410 e. The predicted molar refractivity (Wildman–Crippen MR) is 137 cm³/mol. The minimum Gasteiger partial charge on any atom is -0.469 e. The number of fused-ring (bicyclic) bond motifs is 1. The molecular weight excluding hydrogens is 498 g/mol. The second kappa shape index (κ2) is 11.3. The number of nitrogens with one attached hydrogen (secondary N) is 1. The van der Waals surface area contributed by atoms with Crippen LogP contribution in [-0.4, -0.2) is 64.0 Å². The van der Waals surface area contributed by atoms with Crippen molar-refractivity contribution in [2.75, 3.05) is 13.1 Å². The molecule has 11 heteroatoms. The van der Waals surface area contributed by atoms with E-state index in [4.69, 9.17) is 14.2 Å². The standard InChI is InChI=1S/C26H33N3O7S/c1-25(2,3)35-23(32)21(34-17-8-7-10-27-13-17)18(30)14-28-22(31)20-12-16-15-29(11-9-19(16)37-20)24(33)36-26(4,5)6/h7-8,10,12-13,21H,9,11,14-15H2,1-6H3,(H,28,31). The van der Waals surface area contributed by atoms with Crippen molar-refractivity contribution in [1.82, 2.24) is 15.2 Å². The third-order valence-corrected chi connectivity index (χ3v) is 6.20. The van der Waals surface area contributed by atoms with E-state index in [1.54, 1.807) is 43.9 Å². The van der Waals surface area contributed by atoms with E-state index >= 15 is 0 Å². The van der Waals surface area contributed by atoms with Gasteiger partial charge in [0.2, 0.25) is 5.78 Å². The Kier molecular flexibility index (Phi) is 8.57. The zero-order chi connectivity index (χ0) is 27.4. The number of hydrogen-bond acceptors (Lipinski definition) is 9. The number of hydrogen-bond donors (Lipinski definition) is 1. The van der Waals surface area contributed by atoms with Crippen molar-refractivity contribution in [3.63, 3.8) is 0 Å². The van der Waals surface area contributed by atoms with Gasteiger partial charge in [-0.2, -0.15) is 0 Å². The molecule has 1 N–H and O–H groups in total. The molecule has 1 unspecified atom stereocenters. The summed E-state index contributed by atoms with van der Waals surface area (Å²) in [5.74, 6) is -1.76. The van der Waals surface area contributed by atoms with Crippen molar-refractivity contribution in [2.24, 2.45) is 0 Å². The summed E-state index contributed by atoms with van der Waals surface area (Å²) in [5.41, 5.74) is -0.563. The first-order valence-corrected chi connectivity index (χ1v) is 12.7. The number of nitrogens with zero attached hydrogens (tertiary/aromatic N) is 2. The van der Waals surface area contributed by atoms with Crippen molar-refractivity contribution < 1.29 is 33.4 Å². The molecule has 2 amide bonds. The Labute approximate surface area is 220 Å². The highest BCUT2D eigenvalue weighted by atomic mass is 32.1. The Morgan fingerprint density at radius 1 is 1.11 bits per heavy atom. The number of ether oxygens (including phenoxy) is 3. The quantitative estimate of drug-likeness (QED) is 0.425. The molecule has 0 aromatic carbocycles. The zero-order valence-electron chi connectivity index (χ0n) is 22.0. The lowest BCUT2D eigenvalue weighted by Gasteiger charge is -2.29. The normalized spacial score (nSPS) is 14.3. The highest BCUT2D eigenvalue weighted by molar-refractivity contribution is 7.14. The number of Topliss-reactive ketones (excluding diaryl/α,β-unsaturated/α-hetero) is 1. The number of ketones is 1. The molecule has 0 saturated carbocycles. The maximum Gasteiger partial charge on any atom is 0.410 e. The van der Waals surface area contributed by atoms with Gasteiger partial charge in [-0.3, -0.25) is 14.6 Å². The lowest BCUT2D eigenvalue weighted by Crippen LogP contribution is -2.45. The van der Waals surface area contributed by atoms with Crippen LogP contribution in [0.1, 0.15) is 61.7 Å².